The molecule has 1 N–H and O–H groups in total. The van der Waals surface area contributed by atoms with Gasteiger partial charge in [0, 0.05) is 0 Å². The van der Waals surface area contributed by atoms with Gasteiger partial charge in [-0.25, -0.2) is 9.07 Å². The van der Waals surface area contributed by atoms with Crippen LogP contribution < -0.4 is 14.8 Å². The maximum absolute atomic E-state index is 13.5. The highest BCUT2D eigenvalue weighted by atomic mass is 35.5. The number of aromatic nitrogens is 2. The number of carbonyl (C=O) groups excluding carboxylic acids is 1. The number of ether oxygens (including phenoxy) is 2. The standard InChI is InChI=1S/C21H16ClF4N3O3/c1-11(12-2-5-17-18(6-12)32-10-31-17)20(30)27-9-14-8-19(21(24,25)26)28-29(14)13-3-4-16(23)15(22)7-13/h2-8,11H,9-10H2,1H3,(H,27,30). The van der Waals surface area contributed by atoms with Crippen LogP contribution in [0, 0.1) is 5.82 Å². The summed E-state index contributed by atoms with van der Waals surface area (Å²) >= 11 is 5.76. The molecule has 0 saturated carbocycles. The normalized spacial score (nSPS) is 13.8. The van der Waals surface area contributed by atoms with Gasteiger partial charge in [-0.2, -0.15) is 18.3 Å². The van der Waals surface area contributed by atoms with E-state index in [-0.39, 0.29) is 29.7 Å². The largest absolute Gasteiger partial charge is 0.454 e. The van der Waals surface area contributed by atoms with Gasteiger partial charge in [0.15, 0.2) is 17.2 Å². The van der Waals surface area contributed by atoms with Crippen molar-refractivity contribution in [1.82, 2.24) is 15.1 Å². The van der Waals surface area contributed by atoms with Crippen molar-refractivity contribution in [2.45, 2.75) is 25.6 Å². The fourth-order valence-corrected chi connectivity index (χ4v) is 3.36. The molecule has 1 aliphatic heterocycles. The molecule has 0 saturated heterocycles. The minimum Gasteiger partial charge on any atom is -0.454 e. The number of carbonyl (C=O) groups is 1. The quantitative estimate of drug-likeness (QED) is 0.543. The number of nitrogens with zero attached hydrogens (tertiary/aromatic N) is 2. The number of rotatable bonds is 5. The summed E-state index contributed by atoms with van der Waals surface area (Å²) in [5, 5.41) is 5.93. The summed E-state index contributed by atoms with van der Waals surface area (Å²) in [6.07, 6.45) is -4.70. The lowest BCUT2D eigenvalue weighted by molar-refractivity contribution is -0.141. The molecule has 1 aromatic heterocycles. The van der Waals surface area contributed by atoms with Gasteiger partial charge in [0.1, 0.15) is 5.82 Å². The monoisotopic (exact) mass is 469 g/mol. The van der Waals surface area contributed by atoms with E-state index in [1.807, 2.05) is 0 Å². The van der Waals surface area contributed by atoms with Crippen molar-refractivity contribution in [2.75, 3.05) is 6.79 Å². The third kappa shape index (κ3) is 4.36. The van der Waals surface area contributed by atoms with Crippen LogP contribution in [0.3, 0.4) is 0 Å². The highest BCUT2D eigenvalue weighted by molar-refractivity contribution is 6.30. The minimum absolute atomic E-state index is 0.0474. The third-order valence-electron chi connectivity index (χ3n) is 4.95. The number of fused-ring (bicyclic) bond motifs is 1. The fraction of sp³-hybridized carbons (Fsp3) is 0.238. The summed E-state index contributed by atoms with van der Waals surface area (Å²) in [6.45, 7) is 1.51. The molecule has 3 aromatic rings. The van der Waals surface area contributed by atoms with Gasteiger partial charge in [0.2, 0.25) is 12.7 Å². The summed E-state index contributed by atoms with van der Waals surface area (Å²) in [7, 11) is 0. The molecule has 6 nitrogen and oxygen atoms in total. The first kappa shape index (κ1) is 21.9. The molecule has 0 spiro atoms. The van der Waals surface area contributed by atoms with Crippen molar-refractivity contribution in [1.29, 1.82) is 0 Å². The van der Waals surface area contributed by atoms with Gasteiger partial charge >= 0.3 is 6.18 Å². The molecule has 1 amide bonds. The maximum Gasteiger partial charge on any atom is 0.435 e. The predicted molar refractivity (Wildman–Crippen MR) is 106 cm³/mol. The summed E-state index contributed by atoms with van der Waals surface area (Å²) in [5.41, 5.74) is -0.321. The SMILES string of the molecule is CC(C(=O)NCc1cc(C(F)(F)F)nn1-c1ccc(F)c(Cl)c1)c1ccc2c(c1)OCO2. The van der Waals surface area contributed by atoms with Crippen molar-refractivity contribution >= 4 is 17.5 Å². The maximum atomic E-state index is 13.5. The van der Waals surface area contributed by atoms with E-state index in [4.69, 9.17) is 21.1 Å². The number of halogens is 5. The Morgan fingerprint density at radius 1 is 1.19 bits per heavy atom. The molecular formula is C21H16ClF4N3O3. The van der Waals surface area contributed by atoms with Crippen LogP contribution in [0.25, 0.3) is 5.69 Å². The lowest BCUT2D eigenvalue weighted by atomic mass is 10.00. The molecule has 0 fully saturated rings. The molecule has 32 heavy (non-hydrogen) atoms. The average molecular weight is 470 g/mol. The van der Waals surface area contributed by atoms with Crippen LogP contribution in [-0.4, -0.2) is 22.5 Å². The number of benzene rings is 2. The topological polar surface area (TPSA) is 65.4 Å². The molecule has 168 valence electrons. The number of hydrogen-bond donors (Lipinski definition) is 1. The highest BCUT2D eigenvalue weighted by Crippen LogP contribution is 2.35. The Balaban J connectivity index is 1.56. The lowest BCUT2D eigenvalue weighted by Gasteiger charge is -2.14. The first-order valence-electron chi connectivity index (χ1n) is 9.42. The third-order valence-corrected chi connectivity index (χ3v) is 5.24. The first-order chi connectivity index (χ1) is 15.1. The Hall–Kier alpha value is -3.27. The van der Waals surface area contributed by atoms with E-state index in [1.54, 1.807) is 25.1 Å². The molecule has 11 heteroatoms. The van der Waals surface area contributed by atoms with E-state index < -0.39 is 29.5 Å². The van der Waals surface area contributed by atoms with Crippen LogP contribution in [0.4, 0.5) is 17.6 Å². The van der Waals surface area contributed by atoms with Crippen LogP contribution in [-0.2, 0) is 17.5 Å². The van der Waals surface area contributed by atoms with E-state index >= 15 is 0 Å². The molecule has 2 heterocycles. The van der Waals surface area contributed by atoms with Gasteiger partial charge in [-0.05, 0) is 48.9 Å². The van der Waals surface area contributed by atoms with Crippen molar-refractivity contribution in [3.05, 3.63) is 70.3 Å². The fourth-order valence-electron chi connectivity index (χ4n) is 3.19. The number of amides is 1. The lowest BCUT2D eigenvalue weighted by Crippen LogP contribution is -2.28. The van der Waals surface area contributed by atoms with Crippen molar-refractivity contribution in [3.8, 4) is 17.2 Å². The van der Waals surface area contributed by atoms with Gasteiger partial charge in [-0.1, -0.05) is 17.7 Å². The molecule has 0 aliphatic carbocycles. The van der Waals surface area contributed by atoms with Crippen molar-refractivity contribution in [3.63, 3.8) is 0 Å². The molecule has 0 bridgehead atoms. The zero-order chi connectivity index (χ0) is 23.0. The van der Waals surface area contributed by atoms with Crippen LogP contribution in [0.1, 0.15) is 29.8 Å². The van der Waals surface area contributed by atoms with Gasteiger partial charge in [-0.3, -0.25) is 4.79 Å². The van der Waals surface area contributed by atoms with Gasteiger partial charge in [-0.15, -0.1) is 0 Å². The minimum atomic E-state index is -4.70. The van der Waals surface area contributed by atoms with E-state index in [0.29, 0.717) is 17.1 Å². The Morgan fingerprint density at radius 3 is 2.66 bits per heavy atom. The zero-order valence-electron chi connectivity index (χ0n) is 16.5. The Labute approximate surface area is 184 Å². The average Bonchev–Trinajstić information content (AvgIpc) is 3.39. The van der Waals surface area contributed by atoms with Crippen molar-refractivity contribution in [2.24, 2.45) is 0 Å². The number of alkyl halides is 3. The van der Waals surface area contributed by atoms with Crippen LogP contribution in [0.5, 0.6) is 11.5 Å². The van der Waals surface area contributed by atoms with E-state index in [1.165, 1.54) is 6.07 Å². The summed E-state index contributed by atoms with van der Waals surface area (Å²) in [6, 6.07) is 9.33. The van der Waals surface area contributed by atoms with Crippen LogP contribution in [0.2, 0.25) is 5.02 Å². The second kappa shape index (κ2) is 8.34. The molecule has 1 aliphatic rings. The summed E-state index contributed by atoms with van der Waals surface area (Å²) < 4.78 is 64.7. The molecule has 4 rings (SSSR count). The summed E-state index contributed by atoms with van der Waals surface area (Å²) in [5.74, 6) is -0.650. The molecule has 2 aromatic carbocycles. The number of hydrogen-bond acceptors (Lipinski definition) is 4. The van der Waals surface area contributed by atoms with Gasteiger partial charge in [0.25, 0.3) is 0 Å². The summed E-state index contributed by atoms with van der Waals surface area (Å²) in [4.78, 5) is 12.7. The van der Waals surface area contributed by atoms with Gasteiger partial charge < -0.3 is 14.8 Å². The van der Waals surface area contributed by atoms with Crippen LogP contribution in [0.15, 0.2) is 42.5 Å². The zero-order valence-corrected chi connectivity index (χ0v) is 17.3. The molecular weight excluding hydrogens is 454 g/mol. The van der Waals surface area contributed by atoms with Crippen LogP contribution >= 0.6 is 11.6 Å². The van der Waals surface area contributed by atoms with Gasteiger partial charge in [0.05, 0.1) is 28.9 Å². The molecule has 0 radical (unpaired) electrons. The second-order valence-electron chi connectivity index (χ2n) is 7.08. The molecule has 1 unspecified atom stereocenters. The Kier molecular flexibility index (Phi) is 5.72. The Bertz CT molecular complexity index is 1180. The first-order valence-corrected chi connectivity index (χ1v) is 9.80. The smallest absolute Gasteiger partial charge is 0.435 e. The number of nitrogens with one attached hydrogen (secondary N) is 1. The highest BCUT2D eigenvalue weighted by Gasteiger charge is 2.35. The second-order valence-corrected chi connectivity index (χ2v) is 7.49. The van der Waals surface area contributed by atoms with E-state index in [2.05, 4.69) is 10.4 Å². The predicted octanol–water partition coefficient (Wildman–Crippen LogP) is 4.83. The van der Waals surface area contributed by atoms with E-state index in [0.717, 1.165) is 22.9 Å². The molecule has 1 atom stereocenters. The Morgan fingerprint density at radius 2 is 1.94 bits per heavy atom. The van der Waals surface area contributed by atoms with E-state index in [9.17, 15) is 22.4 Å². The van der Waals surface area contributed by atoms with Crippen molar-refractivity contribution < 1.29 is 31.8 Å².